The number of nitrogens with zero attached hydrogens (tertiary/aromatic N) is 1. The SMILES string of the molecule is COc1cccc2c1ccn2CCC(=O)N[C@H](CC(C)C)C(=O)O. The number of fused-ring (bicyclic) bond motifs is 1. The molecule has 2 rings (SSSR count). The zero-order valence-electron chi connectivity index (χ0n) is 14.3. The fraction of sp³-hybridized carbons (Fsp3) is 0.444. The molecule has 2 aromatic rings. The van der Waals surface area contributed by atoms with Crippen LogP contribution in [0.2, 0.25) is 0 Å². The first-order valence-corrected chi connectivity index (χ1v) is 8.06. The van der Waals surface area contributed by atoms with Crippen molar-refractivity contribution < 1.29 is 19.4 Å². The van der Waals surface area contributed by atoms with E-state index < -0.39 is 12.0 Å². The van der Waals surface area contributed by atoms with Crippen LogP contribution in [-0.4, -0.2) is 34.7 Å². The fourth-order valence-electron chi connectivity index (χ4n) is 2.75. The monoisotopic (exact) mass is 332 g/mol. The number of nitrogens with one attached hydrogen (secondary N) is 1. The number of amides is 1. The molecule has 1 atom stereocenters. The van der Waals surface area contributed by atoms with Crippen molar-refractivity contribution in [1.82, 2.24) is 9.88 Å². The molecule has 0 aliphatic carbocycles. The summed E-state index contributed by atoms with van der Waals surface area (Å²) in [4.78, 5) is 23.3. The van der Waals surface area contributed by atoms with Crippen LogP contribution in [-0.2, 0) is 16.1 Å². The highest BCUT2D eigenvalue weighted by atomic mass is 16.5. The number of carbonyl (C=O) groups excluding carboxylic acids is 1. The Morgan fingerprint density at radius 2 is 2.04 bits per heavy atom. The number of rotatable bonds is 8. The average molecular weight is 332 g/mol. The van der Waals surface area contributed by atoms with Crippen molar-refractivity contribution in [2.24, 2.45) is 5.92 Å². The van der Waals surface area contributed by atoms with E-state index in [2.05, 4.69) is 5.32 Å². The molecule has 0 fully saturated rings. The van der Waals surface area contributed by atoms with E-state index in [0.29, 0.717) is 13.0 Å². The lowest BCUT2D eigenvalue weighted by atomic mass is 10.0. The second-order valence-corrected chi connectivity index (χ2v) is 6.24. The van der Waals surface area contributed by atoms with E-state index in [9.17, 15) is 14.7 Å². The van der Waals surface area contributed by atoms with Gasteiger partial charge in [-0.2, -0.15) is 0 Å². The van der Waals surface area contributed by atoms with E-state index in [1.165, 1.54) is 0 Å². The molecule has 0 saturated carbocycles. The van der Waals surface area contributed by atoms with Crippen LogP contribution in [0.3, 0.4) is 0 Å². The van der Waals surface area contributed by atoms with Crippen molar-refractivity contribution in [3.63, 3.8) is 0 Å². The molecule has 24 heavy (non-hydrogen) atoms. The zero-order chi connectivity index (χ0) is 17.7. The van der Waals surface area contributed by atoms with Crippen molar-refractivity contribution in [3.05, 3.63) is 30.5 Å². The lowest BCUT2D eigenvalue weighted by Gasteiger charge is -2.16. The van der Waals surface area contributed by atoms with E-state index in [-0.39, 0.29) is 18.2 Å². The molecule has 1 aromatic carbocycles. The molecule has 2 N–H and O–H groups in total. The van der Waals surface area contributed by atoms with Crippen molar-refractivity contribution in [1.29, 1.82) is 0 Å². The lowest BCUT2D eigenvalue weighted by Crippen LogP contribution is -2.41. The van der Waals surface area contributed by atoms with Crippen LogP contribution in [0.4, 0.5) is 0 Å². The largest absolute Gasteiger partial charge is 0.496 e. The molecular formula is C18H24N2O4. The van der Waals surface area contributed by atoms with Gasteiger partial charge in [0.2, 0.25) is 5.91 Å². The van der Waals surface area contributed by atoms with Gasteiger partial charge in [0.1, 0.15) is 11.8 Å². The third kappa shape index (κ3) is 4.28. The maximum atomic E-state index is 12.1. The maximum absolute atomic E-state index is 12.1. The van der Waals surface area contributed by atoms with E-state index in [1.54, 1.807) is 7.11 Å². The normalized spacial score (nSPS) is 12.3. The van der Waals surface area contributed by atoms with E-state index in [1.807, 2.05) is 48.9 Å². The Hall–Kier alpha value is -2.50. The molecule has 0 saturated heterocycles. The van der Waals surface area contributed by atoms with Gasteiger partial charge >= 0.3 is 5.97 Å². The number of methoxy groups -OCH3 is 1. The molecule has 0 radical (unpaired) electrons. The molecule has 6 nitrogen and oxygen atoms in total. The topological polar surface area (TPSA) is 80.6 Å². The third-order valence-electron chi connectivity index (χ3n) is 3.91. The van der Waals surface area contributed by atoms with Crippen LogP contribution in [0, 0.1) is 5.92 Å². The minimum atomic E-state index is -0.992. The summed E-state index contributed by atoms with van der Waals surface area (Å²) in [5.41, 5.74) is 0.985. The maximum Gasteiger partial charge on any atom is 0.326 e. The van der Waals surface area contributed by atoms with Crippen LogP contribution in [0.5, 0.6) is 5.75 Å². The Morgan fingerprint density at radius 3 is 2.67 bits per heavy atom. The minimum absolute atomic E-state index is 0.201. The summed E-state index contributed by atoms with van der Waals surface area (Å²) in [7, 11) is 1.63. The van der Waals surface area contributed by atoms with Gasteiger partial charge in [0.15, 0.2) is 0 Å². The Labute approximate surface area is 141 Å². The van der Waals surface area contributed by atoms with Crippen LogP contribution in [0.25, 0.3) is 10.9 Å². The van der Waals surface area contributed by atoms with Crippen molar-refractivity contribution in [2.75, 3.05) is 7.11 Å². The van der Waals surface area contributed by atoms with Gasteiger partial charge in [0.05, 0.1) is 12.6 Å². The highest BCUT2D eigenvalue weighted by Crippen LogP contribution is 2.26. The zero-order valence-corrected chi connectivity index (χ0v) is 14.3. The summed E-state index contributed by atoms with van der Waals surface area (Å²) < 4.78 is 7.29. The Morgan fingerprint density at radius 1 is 1.29 bits per heavy atom. The summed E-state index contributed by atoms with van der Waals surface area (Å²) in [5, 5.41) is 12.8. The quantitative estimate of drug-likeness (QED) is 0.779. The number of aryl methyl sites for hydroxylation is 1. The number of aliphatic carboxylic acids is 1. The van der Waals surface area contributed by atoms with E-state index in [4.69, 9.17) is 4.74 Å². The van der Waals surface area contributed by atoms with E-state index in [0.717, 1.165) is 16.7 Å². The number of hydrogen-bond donors (Lipinski definition) is 2. The molecule has 0 unspecified atom stereocenters. The first kappa shape index (κ1) is 17.8. The van der Waals surface area contributed by atoms with Gasteiger partial charge in [-0.25, -0.2) is 4.79 Å². The van der Waals surface area contributed by atoms with Crippen molar-refractivity contribution >= 4 is 22.8 Å². The van der Waals surface area contributed by atoms with Crippen molar-refractivity contribution in [3.8, 4) is 5.75 Å². The average Bonchev–Trinajstić information content (AvgIpc) is 2.95. The lowest BCUT2D eigenvalue weighted by molar-refractivity contribution is -0.142. The number of carboxylic acids is 1. The molecule has 130 valence electrons. The van der Waals surface area contributed by atoms with Gasteiger partial charge < -0.3 is 19.7 Å². The minimum Gasteiger partial charge on any atom is -0.496 e. The number of ether oxygens (including phenoxy) is 1. The van der Waals surface area contributed by atoms with Crippen LogP contribution >= 0.6 is 0 Å². The predicted molar refractivity (Wildman–Crippen MR) is 92.1 cm³/mol. The molecule has 6 heteroatoms. The van der Waals surface area contributed by atoms with Gasteiger partial charge in [-0.05, 0) is 30.5 Å². The van der Waals surface area contributed by atoms with Gasteiger partial charge in [-0.1, -0.05) is 19.9 Å². The van der Waals surface area contributed by atoms with Gasteiger partial charge in [-0.15, -0.1) is 0 Å². The molecule has 0 bridgehead atoms. The summed E-state index contributed by atoms with van der Waals surface area (Å²) in [6.07, 6.45) is 2.55. The van der Waals surface area contributed by atoms with Crippen molar-refractivity contribution in [2.45, 2.75) is 39.3 Å². The number of carbonyl (C=O) groups is 2. The van der Waals surface area contributed by atoms with Gasteiger partial charge in [-0.3, -0.25) is 4.79 Å². The van der Waals surface area contributed by atoms with Gasteiger partial charge in [0.25, 0.3) is 0 Å². The molecule has 1 aromatic heterocycles. The molecule has 1 amide bonds. The second kappa shape index (κ2) is 7.86. The van der Waals surface area contributed by atoms with Crippen LogP contribution in [0.15, 0.2) is 30.5 Å². The fourth-order valence-corrected chi connectivity index (χ4v) is 2.75. The first-order valence-electron chi connectivity index (χ1n) is 8.06. The summed E-state index contributed by atoms with van der Waals surface area (Å²) in [6, 6.07) is 6.88. The first-order chi connectivity index (χ1) is 11.4. The molecule has 1 heterocycles. The highest BCUT2D eigenvalue weighted by molar-refractivity contribution is 5.87. The summed E-state index contributed by atoms with van der Waals surface area (Å²) >= 11 is 0. The second-order valence-electron chi connectivity index (χ2n) is 6.24. The standard InChI is InChI=1S/C18H24N2O4/c1-12(2)11-14(18(22)23)19-17(21)8-10-20-9-7-13-15(20)5-4-6-16(13)24-3/h4-7,9,12,14H,8,10-11H2,1-3H3,(H,19,21)(H,22,23)/t14-/m1/s1. The number of hydrogen-bond acceptors (Lipinski definition) is 3. The molecular weight excluding hydrogens is 308 g/mol. The smallest absolute Gasteiger partial charge is 0.326 e. The Kier molecular flexibility index (Phi) is 5.84. The number of aromatic nitrogens is 1. The summed E-state index contributed by atoms with van der Waals surface area (Å²) in [5.74, 6) is -0.258. The van der Waals surface area contributed by atoms with Gasteiger partial charge in [0, 0.05) is 24.5 Å². The Balaban J connectivity index is 2.00. The predicted octanol–water partition coefficient (Wildman–Crippen LogP) is 2.66. The van der Waals surface area contributed by atoms with Crippen LogP contribution < -0.4 is 10.1 Å². The van der Waals surface area contributed by atoms with Crippen LogP contribution in [0.1, 0.15) is 26.7 Å². The summed E-state index contributed by atoms with van der Waals surface area (Å²) in [6.45, 7) is 4.35. The molecule has 0 aliphatic heterocycles. The molecule has 0 spiro atoms. The molecule has 0 aliphatic rings. The Bertz CT molecular complexity index is 721. The number of carboxylic acid groups (broad SMARTS) is 1. The number of benzene rings is 1. The third-order valence-corrected chi connectivity index (χ3v) is 3.91. The van der Waals surface area contributed by atoms with E-state index >= 15 is 0 Å². The highest BCUT2D eigenvalue weighted by Gasteiger charge is 2.20.